The van der Waals surface area contributed by atoms with E-state index in [0.29, 0.717) is 32.6 Å². The Kier molecular flexibility index (Phi) is 5.93. The maximum absolute atomic E-state index is 12.6. The Morgan fingerprint density at radius 3 is 2.19 bits per heavy atom. The fourth-order valence-electron chi connectivity index (χ4n) is 3.15. The molecule has 2 aromatic carbocycles. The monoisotopic (exact) mass is 470 g/mol. The number of benzene rings is 2. The molecule has 32 heavy (non-hydrogen) atoms. The lowest BCUT2D eigenvalue weighted by Crippen LogP contribution is -2.21. The zero-order valence-corrected chi connectivity index (χ0v) is 18.4. The minimum Gasteiger partial charge on any atom is -0.464 e. The van der Waals surface area contributed by atoms with E-state index in [4.69, 9.17) is 27.9 Å². The number of carbonyl (C=O) groups excluding carboxylic acids is 2. The van der Waals surface area contributed by atoms with Gasteiger partial charge < -0.3 is 10.1 Å². The van der Waals surface area contributed by atoms with E-state index in [9.17, 15) is 9.59 Å². The van der Waals surface area contributed by atoms with Crippen LogP contribution in [0.4, 0.5) is 16.4 Å². The Bertz CT molecular complexity index is 1320. The number of hydrogen-bond donors (Lipinski definition) is 2. The topological polar surface area (TPSA) is 111 Å². The normalized spacial score (nSPS) is 10.8. The molecule has 2 aromatic heterocycles. The molecule has 0 radical (unpaired) electrons. The number of fused-ring (bicyclic) bond motifs is 1. The van der Waals surface area contributed by atoms with Crippen LogP contribution in [0.15, 0.2) is 48.5 Å². The highest BCUT2D eigenvalue weighted by Crippen LogP contribution is 2.29. The summed E-state index contributed by atoms with van der Waals surface area (Å²) in [6.45, 7) is 1.72. The summed E-state index contributed by atoms with van der Waals surface area (Å²) < 4.78 is 6.40. The number of esters is 1. The van der Waals surface area contributed by atoms with E-state index < -0.39 is 12.0 Å². The lowest BCUT2D eigenvalue weighted by Gasteiger charge is -2.14. The third-order valence-electron chi connectivity index (χ3n) is 4.62. The first-order chi connectivity index (χ1) is 15.4. The Labute approximate surface area is 192 Å². The lowest BCUT2D eigenvalue weighted by molar-refractivity contribution is 0.0593. The van der Waals surface area contributed by atoms with E-state index >= 15 is 0 Å². The number of halogens is 2. The van der Waals surface area contributed by atoms with Gasteiger partial charge in [0.2, 0.25) is 5.95 Å². The Hall–Kier alpha value is -3.69. The highest BCUT2D eigenvalue weighted by atomic mass is 35.5. The number of hydrogen-bond acceptors (Lipinski definition) is 6. The van der Waals surface area contributed by atoms with E-state index in [1.54, 1.807) is 59.9 Å². The molecule has 2 heterocycles. The van der Waals surface area contributed by atoms with Crippen molar-refractivity contribution in [1.29, 1.82) is 0 Å². The maximum atomic E-state index is 12.6. The molecule has 4 aromatic rings. The summed E-state index contributed by atoms with van der Waals surface area (Å²) in [4.78, 5) is 29.1. The highest BCUT2D eigenvalue weighted by molar-refractivity contribution is 6.31. The van der Waals surface area contributed by atoms with Gasteiger partial charge in [0.25, 0.3) is 5.78 Å². The molecule has 0 atom stereocenters. The van der Waals surface area contributed by atoms with E-state index in [2.05, 4.69) is 25.8 Å². The Morgan fingerprint density at radius 1 is 0.938 bits per heavy atom. The van der Waals surface area contributed by atoms with Gasteiger partial charge in [0.15, 0.2) is 5.69 Å². The zero-order chi connectivity index (χ0) is 22.8. The average molecular weight is 471 g/mol. The molecule has 0 saturated carbocycles. The van der Waals surface area contributed by atoms with Crippen molar-refractivity contribution < 1.29 is 14.3 Å². The lowest BCUT2D eigenvalue weighted by atomic mass is 10.1. The predicted molar refractivity (Wildman–Crippen MR) is 121 cm³/mol. The fourth-order valence-corrected chi connectivity index (χ4v) is 3.40. The highest BCUT2D eigenvalue weighted by Gasteiger charge is 2.23. The molecule has 0 aliphatic carbocycles. The molecule has 9 nitrogen and oxygen atoms in total. The second-order valence-electron chi connectivity index (χ2n) is 6.68. The predicted octanol–water partition coefficient (Wildman–Crippen LogP) is 4.84. The van der Waals surface area contributed by atoms with Gasteiger partial charge in [-0.25, -0.2) is 19.0 Å². The van der Waals surface area contributed by atoms with Crippen LogP contribution >= 0.6 is 23.2 Å². The molecule has 11 heteroatoms. The largest absolute Gasteiger partial charge is 0.464 e. The van der Waals surface area contributed by atoms with Crippen LogP contribution in [0.2, 0.25) is 10.0 Å². The van der Waals surface area contributed by atoms with Crippen LogP contribution in [-0.2, 0) is 4.74 Å². The van der Waals surface area contributed by atoms with Crippen molar-refractivity contribution in [2.24, 2.45) is 0 Å². The standard InChI is InChI=1S/C21H16Cl2N6O3/c1-11-16(18(30)32-2)25-19-27-28-20(26-21(31)24-15-9-7-14(23)8-10-15)29(19)17(11)12-3-5-13(22)6-4-12/h3-10H,1-2H3,(H2,24,26,28,31). The molecule has 2 amide bonds. The molecule has 4 rings (SSSR count). The fraction of sp³-hybridized carbons (Fsp3) is 0.0952. The first kappa shape index (κ1) is 21.5. The molecule has 2 N–H and O–H groups in total. The first-order valence-corrected chi connectivity index (χ1v) is 10.1. The van der Waals surface area contributed by atoms with Crippen molar-refractivity contribution in [2.45, 2.75) is 6.92 Å². The molecule has 0 fully saturated rings. The molecular formula is C21H16Cl2N6O3. The van der Waals surface area contributed by atoms with E-state index in [-0.39, 0.29) is 17.4 Å². The van der Waals surface area contributed by atoms with E-state index in [1.807, 2.05) is 0 Å². The summed E-state index contributed by atoms with van der Waals surface area (Å²) in [5.41, 5.74) is 2.42. The van der Waals surface area contributed by atoms with Gasteiger partial charge in [0.05, 0.1) is 12.8 Å². The van der Waals surface area contributed by atoms with Gasteiger partial charge in [-0.05, 0) is 48.9 Å². The number of nitrogens with one attached hydrogen (secondary N) is 2. The van der Waals surface area contributed by atoms with Crippen molar-refractivity contribution in [2.75, 3.05) is 17.7 Å². The minimum absolute atomic E-state index is 0.0921. The summed E-state index contributed by atoms with van der Waals surface area (Å²) in [7, 11) is 1.27. The molecule has 0 spiro atoms. The van der Waals surface area contributed by atoms with Gasteiger partial charge in [0, 0.05) is 21.3 Å². The SMILES string of the molecule is COC(=O)c1nc2nnc(NC(=O)Nc3ccc(Cl)cc3)n2c(-c2ccc(Cl)cc2)c1C. The van der Waals surface area contributed by atoms with Crippen molar-refractivity contribution >= 4 is 52.6 Å². The number of urea groups is 1. The number of carbonyl (C=O) groups is 2. The summed E-state index contributed by atoms with van der Waals surface area (Å²) in [6.07, 6.45) is 0. The van der Waals surface area contributed by atoms with Gasteiger partial charge in [-0.1, -0.05) is 35.3 Å². The Morgan fingerprint density at radius 2 is 1.56 bits per heavy atom. The molecular weight excluding hydrogens is 455 g/mol. The number of methoxy groups -OCH3 is 1. The quantitative estimate of drug-likeness (QED) is 0.413. The summed E-state index contributed by atoms with van der Waals surface area (Å²) in [6, 6.07) is 13.1. The van der Waals surface area contributed by atoms with Crippen LogP contribution in [-0.4, -0.2) is 38.7 Å². The average Bonchev–Trinajstić information content (AvgIpc) is 3.17. The van der Waals surface area contributed by atoms with Crippen LogP contribution in [0.3, 0.4) is 0 Å². The van der Waals surface area contributed by atoms with Gasteiger partial charge in [-0.3, -0.25) is 5.32 Å². The second-order valence-corrected chi connectivity index (χ2v) is 7.55. The zero-order valence-electron chi connectivity index (χ0n) is 16.9. The van der Waals surface area contributed by atoms with Crippen molar-refractivity contribution in [3.05, 3.63) is 69.8 Å². The Balaban J connectivity index is 1.79. The molecule has 0 saturated heterocycles. The van der Waals surface area contributed by atoms with Gasteiger partial charge in [0.1, 0.15) is 0 Å². The third kappa shape index (κ3) is 4.20. The van der Waals surface area contributed by atoms with Gasteiger partial charge >= 0.3 is 12.0 Å². The first-order valence-electron chi connectivity index (χ1n) is 9.31. The maximum Gasteiger partial charge on any atom is 0.357 e. The number of aromatic nitrogens is 4. The smallest absolute Gasteiger partial charge is 0.357 e. The van der Waals surface area contributed by atoms with Gasteiger partial charge in [-0.15, -0.1) is 10.2 Å². The number of anilines is 2. The van der Waals surface area contributed by atoms with Crippen LogP contribution in [0.1, 0.15) is 16.1 Å². The molecule has 0 aliphatic heterocycles. The molecule has 0 unspecified atom stereocenters. The minimum atomic E-state index is -0.613. The van der Waals surface area contributed by atoms with Crippen molar-refractivity contribution in [3.63, 3.8) is 0 Å². The number of amides is 2. The summed E-state index contributed by atoms with van der Waals surface area (Å²) >= 11 is 11.9. The second kappa shape index (κ2) is 8.81. The third-order valence-corrected chi connectivity index (χ3v) is 5.12. The summed E-state index contributed by atoms with van der Waals surface area (Å²) in [5, 5.41) is 14.5. The molecule has 162 valence electrons. The number of rotatable bonds is 4. The summed E-state index contributed by atoms with van der Waals surface area (Å²) in [5.74, 6) is -0.385. The molecule has 0 bridgehead atoms. The van der Waals surface area contributed by atoms with E-state index in [0.717, 1.165) is 0 Å². The van der Waals surface area contributed by atoms with Crippen molar-refractivity contribution in [1.82, 2.24) is 19.6 Å². The number of ether oxygens (including phenoxy) is 1. The van der Waals surface area contributed by atoms with E-state index in [1.165, 1.54) is 7.11 Å². The number of nitrogens with zero attached hydrogens (tertiary/aromatic N) is 4. The van der Waals surface area contributed by atoms with Crippen molar-refractivity contribution in [3.8, 4) is 11.3 Å². The molecule has 0 aliphatic rings. The van der Waals surface area contributed by atoms with Crippen LogP contribution in [0.5, 0.6) is 0 Å². The van der Waals surface area contributed by atoms with Crippen LogP contribution < -0.4 is 10.6 Å². The van der Waals surface area contributed by atoms with Gasteiger partial charge in [-0.2, -0.15) is 0 Å². The van der Waals surface area contributed by atoms with Crippen LogP contribution in [0, 0.1) is 6.92 Å². The van der Waals surface area contributed by atoms with Crippen LogP contribution in [0.25, 0.3) is 17.0 Å².